The summed E-state index contributed by atoms with van der Waals surface area (Å²) in [5.74, 6) is 5.57. The summed E-state index contributed by atoms with van der Waals surface area (Å²) in [7, 11) is 1.65. The molecule has 0 bridgehead atoms. The zero-order chi connectivity index (χ0) is 25.5. The van der Waals surface area contributed by atoms with E-state index in [0.717, 1.165) is 0 Å². The minimum atomic E-state index is -0.899. The molecule has 10 heteroatoms. The van der Waals surface area contributed by atoms with Crippen molar-refractivity contribution in [3.8, 4) is 11.8 Å². The van der Waals surface area contributed by atoms with E-state index < -0.39 is 18.0 Å². The van der Waals surface area contributed by atoms with Gasteiger partial charge in [0.15, 0.2) is 0 Å². The number of aryl methyl sites for hydroxylation is 1. The molecule has 2 unspecified atom stereocenters. The van der Waals surface area contributed by atoms with E-state index in [1.54, 1.807) is 19.2 Å². The van der Waals surface area contributed by atoms with Gasteiger partial charge in [0.05, 0.1) is 29.2 Å². The maximum atomic E-state index is 13.1. The maximum Gasteiger partial charge on any atom is 0.407 e. The summed E-state index contributed by atoms with van der Waals surface area (Å²) in [6.07, 6.45) is -0.441. The Kier molecular flexibility index (Phi) is 6.47. The first-order chi connectivity index (χ1) is 16.5. The molecule has 0 radical (unpaired) electrons. The van der Waals surface area contributed by atoms with Crippen LogP contribution in [0.15, 0.2) is 23.0 Å². The molecule has 2 N–H and O–H groups in total. The maximum absolute atomic E-state index is 13.1. The highest BCUT2D eigenvalue weighted by molar-refractivity contribution is 6.00. The number of carboxylic acid groups (broad SMARTS) is 1. The Hall–Kier alpha value is -3.58. The third-order valence-corrected chi connectivity index (χ3v) is 6.86. The van der Waals surface area contributed by atoms with E-state index in [1.165, 1.54) is 14.0 Å². The lowest BCUT2D eigenvalue weighted by molar-refractivity contribution is -0.135. The van der Waals surface area contributed by atoms with E-state index in [2.05, 4.69) is 22.1 Å². The molecule has 2 aliphatic rings. The van der Waals surface area contributed by atoms with E-state index in [-0.39, 0.29) is 35.9 Å². The third-order valence-electron chi connectivity index (χ3n) is 6.86. The number of imidazole rings is 1. The van der Waals surface area contributed by atoms with Crippen LogP contribution in [0.5, 0.6) is 0 Å². The van der Waals surface area contributed by atoms with Gasteiger partial charge in [-0.2, -0.15) is 0 Å². The van der Waals surface area contributed by atoms with Gasteiger partial charge in [-0.3, -0.25) is 28.9 Å². The largest absolute Gasteiger partial charge is 0.465 e. The zero-order valence-electron chi connectivity index (χ0n) is 20.5. The van der Waals surface area contributed by atoms with Gasteiger partial charge >= 0.3 is 11.8 Å². The fourth-order valence-corrected chi connectivity index (χ4v) is 4.97. The molecular weight excluding hydrogens is 450 g/mol. The highest BCUT2D eigenvalue weighted by Crippen LogP contribution is 2.28. The molecule has 4 rings (SSSR count). The number of amides is 3. The molecule has 186 valence electrons. The Morgan fingerprint density at radius 3 is 2.60 bits per heavy atom. The summed E-state index contributed by atoms with van der Waals surface area (Å²) in [5.41, 5.74) is 1.37. The zero-order valence-corrected chi connectivity index (χ0v) is 20.5. The molecule has 10 nitrogen and oxygen atoms in total. The van der Waals surface area contributed by atoms with E-state index in [0.29, 0.717) is 42.8 Å². The minimum Gasteiger partial charge on any atom is -0.465 e. The van der Waals surface area contributed by atoms with Crippen molar-refractivity contribution in [2.24, 2.45) is 12.5 Å². The number of hydrogen-bond acceptors (Lipinski definition) is 5. The molecule has 3 heterocycles. The van der Waals surface area contributed by atoms with Crippen LogP contribution >= 0.6 is 0 Å². The molecule has 2 aromatic rings. The molecule has 1 aromatic heterocycles. The number of fused-ring (bicyclic) bond motifs is 1. The number of para-hydroxylation sites is 1. The summed E-state index contributed by atoms with van der Waals surface area (Å²) in [6.45, 7) is 8.21. The summed E-state index contributed by atoms with van der Waals surface area (Å²) in [4.78, 5) is 52.4. The van der Waals surface area contributed by atoms with Gasteiger partial charge in [0.25, 0.3) is 0 Å². The quantitative estimate of drug-likeness (QED) is 0.495. The van der Waals surface area contributed by atoms with Gasteiger partial charge in [-0.15, -0.1) is 0 Å². The standard InChI is InChI=1S/C25H31N5O5/c1-25(2,3)19-15-28(13-14-29(19)24(34)35)12-6-8-16-7-5-9-17-21(16)27(4)23(33)30(17)18-10-11-20(31)26-22(18)32/h5,7,9,18-19H,10-15H2,1-4H3,(H,34,35)(H,26,31,32). The molecule has 2 saturated heterocycles. The second-order valence-electron chi connectivity index (χ2n) is 10.2. The van der Waals surface area contributed by atoms with Crippen LogP contribution in [0.1, 0.15) is 45.2 Å². The summed E-state index contributed by atoms with van der Waals surface area (Å²) in [6, 6.07) is 4.54. The van der Waals surface area contributed by atoms with Crippen molar-refractivity contribution in [2.75, 3.05) is 26.2 Å². The predicted octanol–water partition coefficient (Wildman–Crippen LogP) is 1.38. The van der Waals surface area contributed by atoms with Crippen molar-refractivity contribution in [2.45, 2.75) is 45.7 Å². The molecule has 0 spiro atoms. The van der Waals surface area contributed by atoms with E-state index in [1.807, 2.05) is 26.8 Å². The lowest BCUT2D eigenvalue weighted by Crippen LogP contribution is -2.59. The Bertz CT molecular complexity index is 1310. The smallest absolute Gasteiger partial charge is 0.407 e. The Morgan fingerprint density at radius 1 is 1.20 bits per heavy atom. The number of nitrogens with one attached hydrogen (secondary N) is 1. The van der Waals surface area contributed by atoms with Crippen LogP contribution < -0.4 is 11.0 Å². The summed E-state index contributed by atoms with van der Waals surface area (Å²) < 4.78 is 2.94. The van der Waals surface area contributed by atoms with E-state index in [9.17, 15) is 24.3 Å². The molecule has 3 amide bonds. The number of benzene rings is 1. The molecule has 2 aliphatic heterocycles. The average Bonchev–Trinajstić information content (AvgIpc) is 3.04. The molecule has 2 fully saturated rings. The fraction of sp³-hybridized carbons (Fsp3) is 0.520. The lowest BCUT2D eigenvalue weighted by atomic mass is 9.84. The first-order valence-corrected chi connectivity index (χ1v) is 11.7. The summed E-state index contributed by atoms with van der Waals surface area (Å²) >= 11 is 0. The van der Waals surface area contributed by atoms with Gasteiger partial charge in [-0.25, -0.2) is 9.59 Å². The highest BCUT2D eigenvalue weighted by atomic mass is 16.4. The van der Waals surface area contributed by atoms with Crippen LogP contribution in [0.4, 0.5) is 4.79 Å². The van der Waals surface area contributed by atoms with Crippen molar-refractivity contribution in [1.82, 2.24) is 24.3 Å². The van der Waals surface area contributed by atoms with Crippen LogP contribution in [-0.4, -0.2) is 74.2 Å². The molecule has 2 atom stereocenters. The molecule has 35 heavy (non-hydrogen) atoms. The van der Waals surface area contributed by atoms with Crippen LogP contribution in [0.25, 0.3) is 11.0 Å². The third kappa shape index (κ3) is 4.68. The van der Waals surface area contributed by atoms with E-state index >= 15 is 0 Å². The van der Waals surface area contributed by atoms with Gasteiger partial charge < -0.3 is 10.0 Å². The number of piperidine rings is 1. The summed E-state index contributed by atoms with van der Waals surface area (Å²) in [5, 5.41) is 11.9. The number of imide groups is 1. The van der Waals surface area contributed by atoms with Crippen molar-refractivity contribution in [3.63, 3.8) is 0 Å². The molecule has 0 aliphatic carbocycles. The first-order valence-electron chi connectivity index (χ1n) is 11.7. The highest BCUT2D eigenvalue weighted by Gasteiger charge is 2.37. The monoisotopic (exact) mass is 481 g/mol. The number of aromatic nitrogens is 2. The van der Waals surface area contributed by atoms with Crippen molar-refractivity contribution in [3.05, 3.63) is 34.2 Å². The number of hydrogen-bond donors (Lipinski definition) is 2. The number of carbonyl (C=O) groups excluding carboxylic acids is 2. The van der Waals surface area contributed by atoms with Crippen molar-refractivity contribution >= 4 is 28.9 Å². The van der Waals surface area contributed by atoms with Crippen molar-refractivity contribution in [1.29, 1.82) is 0 Å². The second-order valence-corrected chi connectivity index (χ2v) is 10.2. The fourth-order valence-electron chi connectivity index (χ4n) is 4.97. The van der Waals surface area contributed by atoms with Gasteiger partial charge in [0.2, 0.25) is 11.8 Å². The minimum absolute atomic E-state index is 0.137. The van der Waals surface area contributed by atoms with Crippen LogP contribution in [-0.2, 0) is 16.6 Å². The van der Waals surface area contributed by atoms with Gasteiger partial charge in [0, 0.05) is 33.1 Å². The topological polar surface area (TPSA) is 117 Å². The molecule has 0 saturated carbocycles. The molecule has 1 aromatic carbocycles. The van der Waals surface area contributed by atoms with Crippen LogP contribution in [0.2, 0.25) is 0 Å². The number of rotatable bonds is 2. The van der Waals surface area contributed by atoms with Gasteiger partial charge in [0.1, 0.15) is 6.04 Å². The normalized spacial score (nSPS) is 21.5. The van der Waals surface area contributed by atoms with Gasteiger partial charge in [-0.1, -0.05) is 38.7 Å². The van der Waals surface area contributed by atoms with Gasteiger partial charge in [-0.05, 0) is 24.0 Å². The van der Waals surface area contributed by atoms with Crippen LogP contribution in [0, 0.1) is 17.3 Å². The first kappa shape index (κ1) is 24.5. The number of piperazine rings is 1. The van der Waals surface area contributed by atoms with Crippen LogP contribution in [0.3, 0.4) is 0 Å². The Morgan fingerprint density at radius 2 is 1.94 bits per heavy atom. The predicted molar refractivity (Wildman–Crippen MR) is 130 cm³/mol. The van der Waals surface area contributed by atoms with E-state index in [4.69, 9.17) is 0 Å². The van der Waals surface area contributed by atoms with Crippen molar-refractivity contribution < 1.29 is 19.5 Å². The second kappa shape index (κ2) is 9.23. The number of nitrogens with zero attached hydrogens (tertiary/aromatic N) is 4. The number of carbonyl (C=O) groups is 3. The Balaban J connectivity index is 1.60. The molecular formula is C25H31N5O5. The SMILES string of the molecule is Cn1c(=O)n(C2CCC(=O)NC2=O)c2cccc(C#CCN3CCN(C(=O)O)C(C(C)(C)C)C3)c21. The Labute approximate surface area is 203 Å². The lowest BCUT2D eigenvalue weighted by Gasteiger charge is -2.45. The average molecular weight is 482 g/mol.